The van der Waals surface area contributed by atoms with Crippen molar-refractivity contribution in [1.29, 1.82) is 0 Å². The maximum Gasteiger partial charge on any atom is 0.411 e. The van der Waals surface area contributed by atoms with Gasteiger partial charge in [-0.3, -0.25) is 9.47 Å². The second kappa shape index (κ2) is 9.30. The first-order valence-corrected chi connectivity index (χ1v) is 12.8. The lowest BCUT2D eigenvalue weighted by atomic mass is 9.80. The lowest BCUT2D eigenvalue weighted by molar-refractivity contribution is 0.0214. The number of fused-ring (bicyclic) bond motifs is 3. The Balaban J connectivity index is 1.42. The van der Waals surface area contributed by atoms with Crippen LogP contribution in [0, 0.1) is 0 Å². The van der Waals surface area contributed by atoms with Gasteiger partial charge in [0.05, 0.1) is 24.5 Å². The molecule has 1 aliphatic heterocycles. The summed E-state index contributed by atoms with van der Waals surface area (Å²) in [6, 6.07) is 7.89. The molecule has 1 fully saturated rings. The van der Waals surface area contributed by atoms with Crippen molar-refractivity contribution < 1.29 is 14.1 Å². The van der Waals surface area contributed by atoms with Gasteiger partial charge in [0.1, 0.15) is 17.2 Å². The van der Waals surface area contributed by atoms with E-state index in [1.54, 1.807) is 4.90 Å². The predicted octanol–water partition coefficient (Wildman–Crippen LogP) is 6.16. The molecule has 9 heteroatoms. The molecule has 1 amide bonds. The number of hydrogen-bond acceptors (Lipinski definition) is 6. The van der Waals surface area contributed by atoms with E-state index in [-0.39, 0.29) is 12.0 Å². The molecule has 0 atom stereocenters. The van der Waals surface area contributed by atoms with E-state index in [1.165, 1.54) is 0 Å². The SMILES string of the molecule is CCc1cc([C@H]2CC[C@H](c3nnc4n3-c3ccc(Cl)cc3CN(C(=O)OC(C)(C)C)C4)CC2)no1. The number of benzene rings is 1. The van der Waals surface area contributed by atoms with Crippen LogP contribution in [0.1, 0.15) is 93.9 Å². The van der Waals surface area contributed by atoms with Crippen LogP contribution in [-0.2, 0) is 24.2 Å². The molecule has 1 saturated carbocycles. The average Bonchev–Trinajstić information content (AvgIpc) is 3.42. The average molecular weight is 498 g/mol. The van der Waals surface area contributed by atoms with Crippen LogP contribution in [0.25, 0.3) is 5.69 Å². The van der Waals surface area contributed by atoms with Crippen molar-refractivity contribution in [3.8, 4) is 5.69 Å². The molecule has 0 unspecified atom stereocenters. The molecule has 186 valence electrons. The summed E-state index contributed by atoms with van der Waals surface area (Å²) in [5.41, 5.74) is 2.40. The largest absolute Gasteiger partial charge is 0.444 e. The summed E-state index contributed by atoms with van der Waals surface area (Å²) in [4.78, 5) is 14.6. The van der Waals surface area contributed by atoms with E-state index in [4.69, 9.17) is 20.9 Å². The van der Waals surface area contributed by atoms with Gasteiger partial charge in [-0.15, -0.1) is 10.2 Å². The van der Waals surface area contributed by atoms with Crippen molar-refractivity contribution in [1.82, 2.24) is 24.8 Å². The van der Waals surface area contributed by atoms with Gasteiger partial charge >= 0.3 is 6.09 Å². The maximum atomic E-state index is 13.0. The number of amides is 1. The van der Waals surface area contributed by atoms with Gasteiger partial charge in [0.15, 0.2) is 5.82 Å². The summed E-state index contributed by atoms with van der Waals surface area (Å²) < 4.78 is 13.2. The Labute approximate surface area is 210 Å². The van der Waals surface area contributed by atoms with E-state index in [0.29, 0.717) is 24.0 Å². The van der Waals surface area contributed by atoms with Crippen LogP contribution in [0.3, 0.4) is 0 Å². The van der Waals surface area contributed by atoms with Crippen LogP contribution in [0.15, 0.2) is 28.8 Å². The van der Waals surface area contributed by atoms with Crippen molar-refractivity contribution >= 4 is 17.7 Å². The zero-order valence-electron chi connectivity index (χ0n) is 20.8. The molecule has 1 aromatic carbocycles. The molecular formula is C26H32ClN5O3. The monoisotopic (exact) mass is 497 g/mol. The first-order valence-electron chi connectivity index (χ1n) is 12.4. The van der Waals surface area contributed by atoms with E-state index in [1.807, 2.05) is 39.0 Å². The molecule has 1 aliphatic carbocycles. The zero-order chi connectivity index (χ0) is 24.7. The van der Waals surface area contributed by atoms with Crippen LogP contribution in [0.4, 0.5) is 4.79 Å². The smallest absolute Gasteiger partial charge is 0.411 e. The van der Waals surface area contributed by atoms with Gasteiger partial charge in [0.25, 0.3) is 0 Å². The molecule has 0 N–H and O–H groups in total. The number of carbonyl (C=O) groups is 1. The van der Waals surface area contributed by atoms with E-state index in [2.05, 4.69) is 32.9 Å². The third kappa shape index (κ3) is 4.94. The number of carbonyl (C=O) groups excluding carboxylic acids is 1. The molecule has 8 nitrogen and oxygen atoms in total. The third-order valence-electron chi connectivity index (χ3n) is 6.82. The number of rotatable bonds is 3. The molecule has 0 spiro atoms. The quantitative estimate of drug-likeness (QED) is 0.430. The fraction of sp³-hybridized carbons (Fsp3) is 0.538. The van der Waals surface area contributed by atoms with Crippen molar-refractivity contribution in [2.75, 3.05) is 0 Å². The minimum Gasteiger partial charge on any atom is -0.444 e. The van der Waals surface area contributed by atoms with Crippen molar-refractivity contribution in [3.63, 3.8) is 0 Å². The molecule has 2 aliphatic rings. The van der Waals surface area contributed by atoms with Gasteiger partial charge in [-0.25, -0.2) is 4.79 Å². The number of ether oxygens (including phenoxy) is 1. The zero-order valence-corrected chi connectivity index (χ0v) is 21.5. The molecular weight excluding hydrogens is 466 g/mol. The first-order chi connectivity index (χ1) is 16.7. The normalized spacial score (nSPS) is 20.2. The molecule has 2 aromatic heterocycles. The minimum absolute atomic E-state index is 0.279. The van der Waals surface area contributed by atoms with Crippen LogP contribution in [0.5, 0.6) is 0 Å². The van der Waals surface area contributed by atoms with E-state index in [9.17, 15) is 4.79 Å². The van der Waals surface area contributed by atoms with Crippen LogP contribution in [0.2, 0.25) is 5.02 Å². The highest BCUT2D eigenvalue weighted by molar-refractivity contribution is 6.30. The molecule has 0 radical (unpaired) electrons. The first kappa shape index (κ1) is 23.9. The fourth-order valence-corrected chi connectivity index (χ4v) is 5.28. The number of nitrogens with zero attached hydrogens (tertiary/aromatic N) is 5. The summed E-state index contributed by atoms with van der Waals surface area (Å²) >= 11 is 6.35. The molecule has 3 heterocycles. The van der Waals surface area contributed by atoms with E-state index < -0.39 is 5.60 Å². The highest BCUT2D eigenvalue weighted by Gasteiger charge is 2.33. The van der Waals surface area contributed by atoms with Crippen LogP contribution >= 0.6 is 11.6 Å². The minimum atomic E-state index is -0.584. The Morgan fingerprint density at radius 2 is 1.86 bits per heavy atom. The van der Waals surface area contributed by atoms with Gasteiger partial charge in [-0.1, -0.05) is 23.7 Å². The van der Waals surface area contributed by atoms with Crippen LogP contribution < -0.4 is 0 Å². The topological polar surface area (TPSA) is 86.3 Å². The Hall–Kier alpha value is -2.87. The second-order valence-electron chi connectivity index (χ2n) is 10.5. The van der Waals surface area contributed by atoms with E-state index in [0.717, 1.165) is 66.5 Å². The maximum absolute atomic E-state index is 13.0. The van der Waals surface area contributed by atoms with Gasteiger partial charge in [-0.05, 0) is 70.2 Å². The summed E-state index contributed by atoms with van der Waals surface area (Å²) in [5.74, 6) is 3.31. The Morgan fingerprint density at radius 3 is 2.54 bits per heavy atom. The standard InChI is InChI=1S/C26H32ClN5O3/c1-5-20-13-21(30-35-20)16-6-8-17(9-7-16)24-29-28-23-15-31(25(33)34-26(2,3)4)14-18-12-19(27)10-11-22(18)32(23)24/h10-13,16-17H,5-9,14-15H2,1-4H3/t16-,17-. The predicted molar refractivity (Wildman–Crippen MR) is 132 cm³/mol. The lowest BCUT2D eigenvalue weighted by Gasteiger charge is -2.27. The van der Waals surface area contributed by atoms with Crippen molar-refractivity contribution in [2.24, 2.45) is 0 Å². The molecule has 0 bridgehead atoms. The molecule has 35 heavy (non-hydrogen) atoms. The van der Waals surface area contributed by atoms with Crippen molar-refractivity contribution in [2.45, 2.75) is 90.3 Å². The Kier molecular flexibility index (Phi) is 6.34. The van der Waals surface area contributed by atoms with Gasteiger partial charge in [-0.2, -0.15) is 0 Å². The molecule has 0 saturated heterocycles. The molecule has 3 aromatic rings. The highest BCUT2D eigenvalue weighted by Crippen LogP contribution is 2.41. The molecule has 5 rings (SSSR count). The summed E-state index contributed by atoms with van der Waals surface area (Å²) in [6.07, 6.45) is 4.53. The second-order valence-corrected chi connectivity index (χ2v) is 11.0. The van der Waals surface area contributed by atoms with Gasteiger partial charge in [0.2, 0.25) is 0 Å². The van der Waals surface area contributed by atoms with Gasteiger partial charge in [0, 0.05) is 29.3 Å². The number of halogens is 1. The number of hydrogen-bond donors (Lipinski definition) is 0. The Morgan fingerprint density at radius 1 is 1.11 bits per heavy atom. The summed E-state index contributed by atoms with van der Waals surface area (Å²) in [6.45, 7) is 8.40. The lowest BCUT2D eigenvalue weighted by Crippen LogP contribution is -2.35. The van der Waals surface area contributed by atoms with Crippen molar-refractivity contribution in [3.05, 3.63) is 58.0 Å². The van der Waals surface area contributed by atoms with Crippen LogP contribution in [-0.4, -0.2) is 36.5 Å². The summed E-state index contributed by atoms with van der Waals surface area (Å²) in [5, 5.41) is 14.1. The highest BCUT2D eigenvalue weighted by atomic mass is 35.5. The Bertz CT molecular complexity index is 1220. The third-order valence-corrected chi connectivity index (χ3v) is 7.05. The van der Waals surface area contributed by atoms with E-state index >= 15 is 0 Å². The fourth-order valence-electron chi connectivity index (χ4n) is 5.08. The van der Waals surface area contributed by atoms with Gasteiger partial charge < -0.3 is 9.26 Å². The number of aromatic nitrogens is 4. The number of aryl methyl sites for hydroxylation is 1. The summed E-state index contributed by atoms with van der Waals surface area (Å²) in [7, 11) is 0.